The summed E-state index contributed by atoms with van der Waals surface area (Å²) in [6.45, 7) is 7.89. The van der Waals surface area contributed by atoms with Crippen molar-refractivity contribution in [3.8, 4) is 0 Å². The minimum atomic E-state index is -3.84. The maximum absolute atomic E-state index is 13.3. The SMILES string of the molecule is Cc1cc(C)c(C(C)NC(=O)CN(Cc2ccccc2)S(=O)(=O)c2ccccc2)cc1C. The highest BCUT2D eigenvalue weighted by molar-refractivity contribution is 7.89. The largest absolute Gasteiger partial charge is 0.348 e. The third kappa shape index (κ3) is 5.64. The highest BCUT2D eigenvalue weighted by Crippen LogP contribution is 2.22. The first kappa shape index (κ1) is 23.7. The fourth-order valence-electron chi connectivity index (χ4n) is 3.73. The molecule has 0 aromatic heterocycles. The lowest BCUT2D eigenvalue weighted by atomic mass is 9.96. The normalized spacial score (nSPS) is 12.5. The molecule has 0 radical (unpaired) electrons. The molecule has 3 rings (SSSR count). The van der Waals surface area contributed by atoms with E-state index in [1.54, 1.807) is 30.3 Å². The van der Waals surface area contributed by atoms with E-state index in [2.05, 4.69) is 24.4 Å². The molecular weight excluding hydrogens is 420 g/mol. The van der Waals surface area contributed by atoms with Crippen molar-refractivity contribution in [3.63, 3.8) is 0 Å². The van der Waals surface area contributed by atoms with Crippen molar-refractivity contribution in [2.45, 2.75) is 45.2 Å². The van der Waals surface area contributed by atoms with Gasteiger partial charge in [-0.15, -0.1) is 0 Å². The number of hydrogen-bond acceptors (Lipinski definition) is 3. The second kappa shape index (κ2) is 10.1. The van der Waals surface area contributed by atoms with E-state index in [9.17, 15) is 13.2 Å². The molecule has 6 heteroatoms. The van der Waals surface area contributed by atoms with Crippen LogP contribution in [0.15, 0.2) is 77.7 Å². The van der Waals surface area contributed by atoms with Crippen molar-refractivity contribution in [3.05, 3.63) is 101 Å². The van der Waals surface area contributed by atoms with Crippen LogP contribution in [0.4, 0.5) is 0 Å². The first-order valence-electron chi connectivity index (χ1n) is 10.6. The van der Waals surface area contributed by atoms with Crippen molar-refractivity contribution in [2.75, 3.05) is 6.54 Å². The standard InChI is InChI=1S/C26H30N2O3S/c1-19-15-21(3)25(16-20(19)2)22(4)27-26(29)18-28(17-23-11-7-5-8-12-23)32(30,31)24-13-9-6-10-14-24/h5-16,22H,17-18H2,1-4H3,(H,27,29). The molecule has 0 aliphatic carbocycles. The highest BCUT2D eigenvalue weighted by Gasteiger charge is 2.27. The number of nitrogens with one attached hydrogen (secondary N) is 1. The monoisotopic (exact) mass is 450 g/mol. The Kier molecular flexibility index (Phi) is 7.48. The Morgan fingerprint density at radius 2 is 1.44 bits per heavy atom. The van der Waals surface area contributed by atoms with E-state index in [1.165, 1.54) is 9.87 Å². The molecule has 1 N–H and O–H groups in total. The van der Waals surface area contributed by atoms with Gasteiger partial charge in [0, 0.05) is 6.54 Å². The molecule has 168 valence electrons. The van der Waals surface area contributed by atoms with E-state index in [1.807, 2.05) is 51.1 Å². The summed E-state index contributed by atoms with van der Waals surface area (Å²) in [5.41, 5.74) is 5.30. The molecule has 1 amide bonds. The smallest absolute Gasteiger partial charge is 0.243 e. The van der Waals surface area contributed by atoms with Crippen LogP contribution in [0.2, 0.25) is 0 Å². The van der Waals surface area contributed by atoms with Gasteiger partial charge in [0.15, 0.2) is 0 Å². The molecule has 0 saturated heterocycles. The molecule has 32 heavy (non-hydrogen) atoms. The van der Waals surface area contributed by atoms with Crippen LogP contribution in [-0.4, -0.2) is 25.2 Å². The zero-order valence-corrected chi connectivity index (χ0v) is 19.8. The number of benzene rings is 3. The maximum Gasteiger partial charge on any atom is 0.243 e. The molecule has 0 fully saturated rings. The van der Waals surface area contributed by atoms with Gasteiger partial charge in [0.1, 0.15) is 0 Å². The lowest BCUT2D eigenvalue weighted by Crippen LogP contribution is -2.41. The molecule has 0 saturated carbocycles. The van der Waals surface area contributed by atoms with Gasteiger partial charge in [-0.05, 0) is 67.6 Å². The molecule has 1 atom stereocenters. The summed E-state index contributed by atoms with van der Waals surface area (Å²) < 4.78 is 27.8. The number of aryl methyl sites for hydroxylation is 3. The van der Waals surface area contributed by atoms with Crippen LogP contribution >= 0.6 is 0 Å². The number of carbonyl (C=O) groups excluding carboxylic acids is 1. The first-order valence-corrected chi connectivity index (χ1v) is 12.1. The van der Waals surface area contributed by atoms with Gasteiger partial charge in [-0.2, -0.15) is 4.31 Å². The van der Waals surface area contributed by atoms with Crippen LogP contribution in [-0.2, 0) is 21.4 Å². The van der Waals surface area contributed by atoms with Crippen LogP contribution < -0.4 is 5.32 Å². The summed E-state index contributed by atoms with van der Waals surface area (Å²) in [7, 11) is -3.84. The fourth-order valence-corrected chi connectivity index (χ4v) is 5.13. The second-order valence-corrected chi connectivity index (χ2v) is 10.1. The Labute approximate surface area is 191 Å². The molecule has 0 aliphatic rings. The number of hydrogen-bond donors (Lipinski definition) is 1. The van der Waals surface area contributed by atoms with Crippen LogP contribution in [0.25, 0.3) is 0 Å². The van der Waals surface area contributed by atoms with Gasteiger partial charge in [0.2, 0.25) is 15.9 Å². The molecule has 5 nitrogen and oxygen atoms in total. The van der Waals surface area contributed by atoms with Crippen LogP contribution in [0.3, 0.4) is 0 Å². The predicted molar refractivity (Wildman–Crippen MR) is 128 cm³/mol. The Bertz CT molecular complexity index is 1180. The Hall–Kier alpha value is -2.96. The second-order valence-electron chi connectivity index (χ2n) is 8.15. The summed E-state index contributed by atoms with van der Waals surface area (Å²) in [6.07, 6.45) is 0. The average molecular weight is 451 g/mol. The van der Waals surface area contributed by atoms with Gasteiger partial charge in [0.05, 0.1) is 17.5 Å². The molecule has 0 spiro atoms. The summed E-state index contributed by atoms with van der Waals surface area (Å²) in [5, 5.41) is 2.98. The van der Waals surface area contributed by atoms with Gasteiger partial charge in [-0.3, -0.25) is 4.79 Å². The zero-order chi connectivity index (χ0) is 23.3. The third-order valence-corrected chi connectivity index (χ3v) is 7.43. The summed E-state index contributed by atoms with van der Waals surface area (Å²) >= 11 is 0. The van der Waals surface area contributed by atoms with Gasteiger partial charge in [-0.25, -0.2) is 8.42 Å². The Morgan fingerprint density at radius 1 is 0.875 bits per heavy atom. The quantitative estimate of drug-likeness (QED) is 0.542. The van der Waals surface area contributed by atoms with E-state index in [0.717, 1.165) is 22.3 Å². The number of rotatable bonds is 8. The lowest BCUT2D eigenvalue weighted by molar-refractivity contribution is -0.122. The van der Waals surface area contributed by atoms with E-state index in [0.29, 0.717) is 0 Å². The van der Waals surface area contributed by atoms with Crippen molar-refractivity contribution in [1.29, 1.82) is 0 Å². The van der Waals surface area contributed by atoms with Crippen LogP contribution in [0, 0.1) is 20.8 Å². The fraction of sp³-hybridized carbons (Fsp3) is 0.269. The van der Waals surface area contributed by atoms with Gasteiger partial charge in [0.25, 0.3) is 0 Å². The highest BCUT2D eigenvalue weighted by atomic mass is 32.2. The summed E-state index contributed by atoms with van der Waals surface area (Å²) in [4.78, 5) is 13.1. The van der Waals surface area contributed by atoms with Crippen LogP contribution in [0.1, 0.15) is 40.8 Å². The van der Waals surface area contributed by atoms with E-state index < -0.39 is 10.0 Å². The number of nitrogens with zero attached hydrogens (tertiary/aromatic N) is 1. The van der Waals surface area contributed by atoms with Crippen molar-refractivity contribution < 1.29 is 13.2 Å². The van der Waals surface area contributed by atoms with E-state index in [-0.39, 0.29) is 29.9 Å². The topological polar surface area (TPSA) is 66.5 Å². The zero-order valence-electron chi connectivity index (χ0n) is 19.0. The van der Waals surface area contributed by atoms with Gasteiger partial charge in [-0.1, -0.05) is 60.7 Å². The predicted octanol–water partition coefficient (Wildman–Crippen LogP) is 4.68. The van der Waals surface area contributed by atoms with E-state index in [4.69, 9.17) is 0 Å². The molecule has 1 unspecified atom stereocenters. The number of carbonyl (C=O) groups is 1. The minimum absolute atomic E-state index is 0.114. The first-order chi connectivity index (χ1) is 15.2. The van der Waals surface area contributed by atoms with Gasteiger partial charge >= 0.3 is 0 Å². The number of amides is 1. The molecular formula is C26H30N2O3S. The van der Waals surface area contributed by atoms with Gasteiger partial charge < -0.3 is 5.32 Å². The lowest BCUT2D eigenvalue weighted by Gasteiger charge is -2.24. The number of sulfonamides is 1. The van der Waals surface area contributed by atoms with E-state index >= 15 is 0 Å². The van der Waals surface area contributed by atoms with Crippen molar-refractivity contribution in [1.82, 2.24) is 9.62 Å². The van der Waals surface area contributed by atoms with Crippen LogP contribution in [0.5, 0.6) is 0 Å². The Morgan fingerprint density at radius 3 is 2.06 bits per heavy atom. The van der Waals surface area contributed by atoms with Crippen molar-refractivity contribution >= 4 is 15.9 Å². The molecule has 0 aliphatic heterocycles. The summed E-state index contributed by atoms with van der Waals surface area (Å²) in [5.74, 6) is -0.342. The molecule has 0 bridgehead atoms. The van der Waals surface area contributed by atoms with Crippen molar-refractivity contribution in [2.24, 2.45) is 0 Å². The summed E-state index contributed by atoms with van der Waals surface area (Å²) in [6, 6.07) is 21.5. The average Bonchev–Trinajstić information content (AvgIpc) is 2.77. The maximum atomic E-state index is 13.3. The molecule has 3 aromatic carbocycles. The molecule has 0 heterocycles. The third-order valence-electron chi connectivity index (χ3n) is 5.63. The molecule has 3 aromatic rings. The minimum Gasteiger partial charge on any atom is -0.348 e. The Balaban J connectivity index is 1.83.